The Kier molecular flexibility index (Phi) is 5.44. The number of rotatable bonds is 6. The zero-order chi connectivity index (χ0) is 13.7. The van der Waals surface area contributed by atoms with Gasteiger partial charge in [0.15, 0.2) is 0 Å². The molecular formula is C14H23NO3. The number of hydrogen-bond donors (Lipinski definition) is 2. The summed E-state index contributed by atoms with van der Waals surface area (Å²) in [5.41, 5.74) is 1.68. The third-order valence-electron chi connectivity index (χ3n) is 3.13. The van der Waals surface area contributed by atoms with Crippen LogP contribution in [0, 0.1) is 6.92 Å². The van der Waals surface area contributed by atoms with Crippen molar-refractivity contribution >= 4 is 0 Å². The highest BCUT2D eigenvalue weighted by atomic mass is 16.5. The van der Waals surface area contributed by atoms with Gasteiger partial charge in [-0.1, -0.05) is 6.92 Å². The Morgan fingerprint density at radius 2 is 1.94 bits per heavy atom. The quantitative estimate of drug-likeness (QED) is 0.814. The maximum Gasteiger partial charge on any atom is 0.131 e. The molecule has 0 fully saturated rings. The number of aliphatic hydroxyl groups excluding tert-OH is 1. The summed E-state index contributed by atoms with van der Waals surface area (Å²) >= 11 is 0. The summed E-state index contributed by atoms with van der Waals surface area (Å²) in [5, 5.41) is 13.5. The Labute approximate surface area is 109 Å². The molecule has 1 aromatic rings. The standard InChI is InChI=1S/C14H23NO3/c1-6-15-10(3)13(16)11-7-8-12(17-4)9(2)14(11)18-5/h7-8,10,13,15-16H,6H2,1-5H3. The first-order chi connectivity index (χ1) is 8.56. The van der Waals surface area contributed by atoms with Crippen molar-refractivity contribution in [3.8, 4) is 11.5 Å². The zero-order valence-corrected chi connectivity index (χ0v) is 11.8. The van der Waals surface area contributed by atoms with Crippen LogP contribution in [-0.4, -0.2) is 31.9 Å². The van der Waals surface area contributed by atoms with Gasteiger partial charge in [-0.25, -0.2) is 0 Å². The van der Waals surface area contributed by atoms with E-state index < -0.39 is 6.10 Å². The number of methoxy groups -OCH3 is 2. The smallest absolute Gasteiger partial charge is 0.131 e. The minimum atomic E-state index is -0.607. The molecule has 4 nitrogen and oxygen atoms in total. The van der Waals surface area contributed by atoms with Crippen LogP contribution in [0.15, 0.2) is 12.1 Å². The molecule has 0 aliphatic carbocycles. The van der Waals surface area contributed by atoms with Gasteiger partial charge in [0.2, 0.25) is 0 Å². The van der Waals surface area contributed by atoms with Gasteiger partial charge in [0.1, 0.15) is 11.5 Å². The fourth-order valence-corrected chi connectivity index (χ4v) is 2.12. The first-order valence-electron chi connectivity index (χ1n) is 6.19. The van der Waals surface area contributed by atoms with Crippen molar-refractivity contribution in [2.24, 2.45) is 0 Å². The predicted molar refractivity (Wildman–Crippen MR) is 72.4 cm³/mol. The van der Waals surface area contributed by atoms with Gasteiger partial charge in [-0.15, -0.1) is 0 Å². The summed E-state index contributed by atoms with van der Waals surface area (Å²) in [5.74, 6) is 1.45. The second-order valence-corrected chi connectivity index (χ2v) is 4.31. The molecular weight excluding hydrogens is 230 g/mol. The number of aliphatic hydroxyl groups is 1. The van der Waals surface area contributed by atoms with Crippen LogP contribution in [0.25, 0.3) is 0 Å². The average molecular weight is 253 g/mol. The van der Waals surface area contributed by atoms with Gasteiger partial charge >= 0.3 is 0 Å². The molecule has 0 aromatic heterocycles. The SMILES string of the molecule is CCNC(C)C(O)c1ccc(OC)c(C)c1OC. The van der Waals surface area contributed by atoms with Crippen LogP contribution in [0.1, 0.15) is 31.1 Å². The normalized spacial score (nSPS) is 14.1. The molecule has 0 saturated heterocycles. The molecule has 0 radical (unpaired) electrons. The number of ether oxygens (including phenoxy) is 2. The molecule has 2 atom stereocenters. The highest BCUT2D eigenvalue weighted by molar-refractivity contribution is 5.50. The Balaban J connectivity index is 3.12. The van der Waals surface area contributed by atoms with Crippen LogP contribution in [0.5, 0.6) is 11.5 Å². The van der Waals surface area contributed by atoms with E-state index in [0.29, 0.717) is 5.75 Å². The molecule has 1 aromatic carbocycles. The molecule has 0 amide bonds. The lowest BCUT2D eigenvalue weighted by atomic mass is 9.99. The van der Waals surface area contributed by atoms with Crippen molar-refractivity contribution in [2.75, 3.05) is 20.8 Å². The summed E-state index contributed by atoms with van der Waals surface area (Å²) in [6.07, 6.45) is -0.607. The van der Waals surface area contributed by atoms with Crippen molar-refractivity contribution in [3.63, 3.8) is 0 Å². The third kappa shape index (κ3) is 2.94. The van der Waals surface area contributed by atoms with Gasteiger partial charge < -0.3 is 19.9 Å². The van der Waals surface area contributed by atoms with Gasteiger partial charge in [-0.05, 0) is 32.5 Å². The van der Waals surface area contributed by atoms with Gasteiger partial charge in [0.25, 0.3) is 0 Å². The fraction of sp³-hybridized carbons (Fsp3) is 0.571. The lowest BCUT2D eigenvalue weighted by Gasteiger charge is -2.23. The van der Waals surface area contributed by atoms with Crippen LogP contribution in [0.2, 0.25) is 0 Å². The van der Waals surface area contributed by atoms with E-state index in [0.717, 1.165) is 23.4 Å². The van der Waals surface area contributed by atoms with Crippen molar-refractivity contribution in [2.45, 2.75) is 32.9 Å². The van der Waals surface area contributed by atoms with Gasteiger partial charge in [-0.2, -0.15) is 0 Å². The van der Waals surface area contributed by atoms with Gasteiger partial charge in [-0.3, -0.25) is 0 Å². The fourth-order valence-electron chi connectivity index (χ4n) is 2.12. The van der Waals surface area contributed by atoms with E-state index in [9.17, 15) is 5.11 Å². The molecule has 2 N–H and O–H groups in total. The minimum Gasteiger partial charge on any atom is -0.496 e. The molecule has 1 rings (SSSR count). The summed E-state index contributed by atoms with van der Waals surface area (Å²) in [6, 6.07) is 3.68. The van der Waals surface area contributed by atoms with E-state index in [4.69, 9.17) is 9.47 Å². The van der Waals surface area contributed by atoms with E-state index >= 15 is 0 Å². The van der Waals surface area contributed by atoms with Crippen LogP contribution < -0.4 is 14.8 Å². The third-order valence-corrected chi connectivity index (χ3v) is 3.13. The number of likely N-dealkylation sites (N-methyl/N-ethyl adjacent to an activating group) is 1. The largest absolute Gasteiger partial charge is 0.496 e. The maximum atomic E-state index is 10.3. The van der Waals surface area contributed by atoms with Crippen LogP contribution >= 0.6 is 0 Å². The summed E-state index contributed by atoms with van der Waals surface area (Å²) in [6.45, 7) is 6.70. The minimum absolute atomic E-state index is 0.0308. The van der Waals surface area contributed by atoms with Crippen molar-refractivity contribution in [3.05, 3.63) is 23.3 Å². The molecule has 0 aliphatic rings. The first kappa shape index (κ1) is 14.8. The highest BCUT2D eigenvalue weighted by Gasteiger charge is 2.21. The lowest BCUT2D eigenvalue weighted by Crippen LogP contribution is -2.32. The van der Waals surface area contributed by atoms with E-state index in [1.54, 1.807) is 14.2 Å². The summed E-state index contributed by atoms with van der Waals surface area (Å²) in [4.78, 5) is 0. The van der Waals surface area contributed by atoms with E-state index in [2.05, 4.69) is 5.32 Å². The second kappa shape index (κ2) is 6.61. The van der Waals surface area contributed by atoms with Crippen LogP contribution in [0.3, 0.4) is 0 Å². The number of benzene rings is 1. The number of nitrogens with one attached hydrogen (secondary N) is 1. The summed E-state index contributed by atoms with van der Waals surface area (Å²) < 4.78 is 10.7. The van der Waals surface area contributed by atoms with E-state index in [1.165, 1.54) is 0 Å². The molecule has 0 bridgehead atoms. The van der Waals surface area contributed by atoms with Crippen molar-refractivity contribution in [1.82, 2.24) is 5.32 Å². The van der Waals surface area contributed by atoms with Gasteiger partial charge in [0, 0.05) is 17.2 Å². The summed E-state index contributed by atoms with van der Waals surface area (Å²) in [7, 11) is 3.23. The highest BCUT2D eigenvalue weighted by Crippen LogP contribution is 2.35. The van der Waals surface area contributed by atoms with Crippen LogP contribution in [0.4, 0.5) is 0 Å². The Hall–Kier alpha value is -1.26. The molecule has 0 aliphatic heterocycles. The molecule has 4 heteroatoms. The molecule has 18 heavy (non-hydrogen) atoms. The van der Waals surface area contributed by atoms with Crippen molar-refractivity contribution in [1.29, 1.82) is 0 Å². The number of hydrogen-bond acceptors (Lipinski definition) is 4. The molecule has 102 valence electrons. The van der Waals surface area contributed by atoms with Gasteiger partial charge in [0.05, 0.1) is 20.3 Å². The predicted octanol–water partition coefficient (Wildman–Crippen LogP) is 2.04. The first-order valence-corrected chi connectivity index (χ1v) is 6.19. The Bertz CT molecular complexity index is 393. The monoisotopic (exact) mass is 253 g/mol. The lowest BCUT2D eigenvalue weighted by molar-refractivity contribution is 0.133. The maximum absolute atomic E-state index is 10.3. The van der Waals surface area contributed by atoms with Crippen molar-refractivity contribution < 1.29 is 14.6 Å². The topological polar surface area (TPSA) is 50.7 Å². The zero-order valence-electron chi connectivity index (χ0n) is 11.8. The Morgan fingerprint density at radius 3 is 2.44 bits per heavy atom. The second-order valence-electron chi connectivity index (χ2n) is 4.31. The molecule has 0 saturated carbocycles. The molecule has 2 unspecified atom stereocenters. The average Bonchev–Trinajstić information content (AvgIpc) is 2.37. The van der Waals surface area contributed by atoms with E-state index in [1.807, 2.05) is 32.9 Å². The Morgan fingerprint density at radius 1 is 1.28 bits per heavy atom. The van der Waals surface area contributed by atoms with Crippen LogP contribution in [-0.2, 0) is 0 Å². The van der Waals surface area contributed by atoms with E-state index in [-0.39, 0.29) is 6.04 Å². The molecule has 0 spiro atoms. The molecule has 0 heterocycles.